The van der Waals surface area contributed by atoms with Crippen LogP contribution in [0.5, 0.6) is 0 Å². The monoisotopic (exact) mass is 303 g/mol. The molecule has 0 amide bonds. The molecule has 0 radical (unpaired) electrons. The van der Waals surface area contributed by atoms with Gasteiger partial charge in [0.1, 0.15) is 0 Å². The van der Waals surface area contributed by atoms with Crippen molar-refractivity contribution < 1.29 is 0 Å². The zero-order chi connectivity index (χ0) is 14.1. The Morgan fingerprint density at radius 2 is 2.00 bits per heavy atom. The van der Waals surface area contributed by atoms with Crippen LogP contribution in [-0.2, 0) is 12.8 Å². The summed E-state index contributed by atoms with van der Waals surface area (Å²) in [4.78, 5) is 2.78. The number of thioether (sulfide) groups is 1. The first-order chi connectivity index (χ1) is 9.65. The summed E-state index contributed by atoms with van der Waals surface area (Å²) < 4.78 is 0. The number of benzene rings is 1. The molecule has 2 unspecified atom stereocenters. The van der Waals surface area contributed by atoms with E-state index in [0.29, 0.717) is 5.25 Å². The standard InChI is InChI=1S/C17H21NS2/c1-11-8-9-19-16(11)17(12(2)18)20-15-7-6-13-4-3-5-14(13)10-15/h6-10,12,17H,3-5,18H2,1-2H3. The Morgan fingerprint density at radius 1 is 1.20 bits per heavy atom. The molecule has 3 rings (SSSR count). The quantitative estimate of drug-likeness (QED) is 0.827. The van der Waals surface area contributed by atoms with Crippen LogP contribution in [0.3, 0.4) is 0 Å². The molecule has 106 valence electrons. The molecule has 1 aromatic heterocycles. The number of aryl methyl sites for hydroxylation is 3. The van der Waals surface area contributed by atoms with Gasteiger partial charge in [0.15, 0.2) is 0 Å². The van der Waals surface area contributed by atoms with Crippen LogP contribution in [-0.4, -0.2) is 6.04 Å². The zero-order valence-corrected chi connectivity index (χ0v) is 13.7. The van der Waals surface area contributed by atoms with Crippen molar-refractivity contribution in [2.24, 2.45) is 5.73 Å². The van der Waals surface area contributed by atoms with Crippen molar-refractivity contribution >= 4 is 23.1 Å². The minimum Gasteiger partial charge on any atom is -0.327 e. The van der Waals surface area contributed by atoms with Crippen molar-refractivity contribution in [3.63, 3.8) is 0 Å². The second-order valence-corrected chi connectivity index (χ2v) is 7.81. The minimum atomic E-state index is 0.158. The van der Waals surface area contributed by atoms with E-state index >= 15 is 0 Å². The number of rotatable bonds is 4. The zero-order valence-electron chi connectivity index (χ0n) is 12.1. The molecule has 1 aliphatic carbocycles. The van der Waals surface area contributed by atoms with Gasteiger partial charge in [-0.1, -0.05) is 6.07 Å². The fourth-order valence-corrected chi connectivity index (χ4v) is 5.33. The Balaban J connectivity index is 1.85. The van der Waals surface area contributed by atoms with Crippen LogP contribution < -0.4 is 5.73 Å². The molecule has 2 atom stereocenters. The van der Waals surface area contributed by atoms with E-state index in [1.54, 1.807) is 11.1 Å². The van der Waals surface area contributed by atoms with Gasteiger partial charge in [-0.25, -0.2) is 0 Å². The predicted molar refractivity (Wildman–Crippen MR) is 89.8 cm³/mol. The molecular formula is C17H21NS2. The molecule has 20 heavy (non-hydrogen) atoms. The lowest BCUT2D eigenvalue weighted by Crippen LogP contribution is -2.22. The van der Waals surface area contributed by atoms with Gasteiger partial charge in [-0.3, -0.25) is 0 Å². The summed E-state index contributed by atoms with van der Waals surface area (Å²) in [7, 11) is 0. The third-order valence-electron chi connectivity index (χ3n) is 3.97. The Hall–Kier alpha value is -0.770. The van der Waals surface area contributed by atoms with Gasteiger partial charge in [0, 0.05) is 15.8 Å². The van der Waals surface area contributed by atoms with E-state index in [9.17, 15) is 0 Å². The highest BCUT2D eigenvalue weighted by molar-refractivity contribution is 7.99. The third kappa shape index (κ3) is 2.80. The van der Waals surface area contributed by atoms with E-state index in [-0.39, 0.29) is 6.04 Å². The average Bonchev–Trinajstić information content (AvgIpc) is 3.03. The molecule has 3 heteroatoms. The minimum absolute atomic E-state index is 0.158. The van der Waals surface area contributed by atoms with E-state index in [2.05, 4.69) is 43.5 Å². The van der Waals surface area contributed by atoms with Gasteiger partial charge >= 0.3 is 0 Å². The predicted octanol–water partition coefficient (Wildman–Crippen LogP) is 4.73. The molecule has 0 saturated heterocycles. The summed E-state index contributed by atoms with van der Waals surface area (Å²) in [5.41, 5.74) is 10.7. The first kappa shape index (κ1) is 14.2. The van der Waals surface area contributed by atoms with Gasteiger partial charge in [0.05, 0.1) is 5.25 Å². The van der Waals surface area contributed by atoms with Gasteiger partial charge in [-0.15, -0.1) is 23.1 Å². The summed E-state index contributed by atoms with van der Waals surface area (Å²) >= 11 is 3.75. The largest absolute Gasteiger partial charge is 0.327 e. The Bertz CT molecular complexity index is 601. The van der Waals surface area contributed by atoms with E-state index < -0.39 is 0 Å². The van der Waals surface area contributed by atoms with Gasteiger partial charge < -0.3 is 5.73 Å². The van der Waals surface area contributed by atoms with Crippen LogP contribution >= 0.6 is 23.1 Å². The van der Waals surface area contributed by atoms with Gasteiger partial charge in [0.2, 0.25) is 0 Å². The van der Waals surface area contributed by atoms with Crippen LogP contribution in [0.4, 0.5) is 0 Å². The molecule has 1 heterocycles. The molecule has 1 aliphatic rings. The van der Waals surface area contributed by atoms with Gasteiger partial charge in [0.25, 0.3) is 0 Å². The maximum Gasteiger partial charge on any atom is 0.0589 e. The normalized spacial score (nSPS) is 16.9. The lowest BCUT2D eigenvalue weighted by Gasteiger charge is -2.20. The first-order valence-corrected chi connectivity index (χ1v) is 8.99. The molecule has 0 bridgehead atoms. The van der Waals surface area contributed by atoms with Crippen molar-refractivity contribution in [2.45, 2.75) is 49.3 Å². The average molecular weight is 303 g/mol. The lowest BCUT2D eigenvalue weighted by molar-refractivity contribution is 0.727. The van der Waals surface area contributed by atoms with Crippen LogP contribution in [0.15, 0.2) is 34.5 Å². The van der Waals surface area contributed by atoms with Crippen molar-refractivity contribution in [1.29, 1.82) is 0 Å². The highest BCUT2D eigenvalue weighted by atomic mass is 32.2. The van der Waals surface area contributed by atoms with Crippen LogP contribution in [0.2, 0.25) is 0 Å². The topological polar surface area (TPSA) is 26.0 Å². The van der Waals surface area contributed by atoms with Crippen molar-refractivity contribution in [3.05, 3.63) is 51.2 Å². The molecule has 2 N–H and O–H groups in total. The summed E-state index contributed by atoms with van der Waals surface area (Å²) in [5, 5.41) is 2.53. The number of hydrogen-bond acceptors (Lipinski definition) is 3. The summed E-state index contributed by atoms with van der Waals surface area (Å²) in [6, 6.07) is 9.31. The van der Waals surface area contributed by atoms with E-state index in [4.69, 9.17) is 5.73 Å². The summed E-state index contributed by atoms with van der Waals surface area (Å²) in [6.07, 6.45) is 3.80. The molecule has 1 nitrogen and oxygen atoms in total. The van der Waals surface area contributed by atoms with Crippen LogP contribution in [0, 0.1) is 6.92 Å². The van der Waals surface area contributed by atoms with E-state index in [0.717, 1.165) is 0 Å². The van der Waals surface area contributed by atoms with Crippen LogP contribution in [0.1, 0.15) is 40.2 Å². The van der Waals surface area contributed by atoms with Gasteiger partial charge in [-0.05, 0) is 73.4 Å². The van der Waals surface area contributed by atoms with E-state index in [1.807, 2.05) is 23.1 Å². The number of nitrogens with two attached hydrogens (primary N) is 1. The molecular weight excluding hydrogens is 282 g/mol. The van der Waals surface area contributed by atoms with Crippen molar-refractivity contribution in [3.8, 4) is 0 Å². The number of fused-ring (bicyclic) bond motifs is 1. The maximum absolute atomic E-state index is 6.24. The fourth-order valence-electron chi connectivity index (χ4n) is 2.84. The van der Waals surface area contributed by atoms with Gasteiger partial charge in [-0.2, -0.15) is 0 Å². The Morgan fingerprint density at radius 3 is 2.70 bits per heavy atom. The second kappa shape index (κ2) is 5.92. The SMILES string of the molecule is Cc1ccsc1C(Sc1ccc2c(c1)CCC2)C(C)N. The molecule has 0 aliphatic heterocycles. The van der Waals surface area contributed by atoms with Crippen LogP contribution in [0.25, 0.3) is 0 Å². The first-order valence-electron chi connectivity index (χ1n) is 7.23. The smallest absolute Gasteiger partial charge is 0.0589 e. The van der Waals surface area contributed by atoms with Crippen molar-refractivity contribution in [2.75, 3.05) is 0 Å². The maximum atomic E-state index is 6.24. The van der Waals surface area contributed by atoms with E-state index in [1.165, 1.54) is 34.6 Å². The lowest BCUT2D eigenvalue weighted by atomic mass is 10.1. The summed E-state index contributed by atoms with van der Waals surface area (Å²) in [6.45, 7) is 4.30. The third-order valence-corrected chi connectivity index (χ3v) is 6.67. The molecule has 0 fully saturated rings. The molecule has 0 saturated carbocycles. The fraction of sp³-hybridized carbons (Fsp3) is 0.412. The second-order valence-electron chi connectivity index (χ2n) is 5.65. The number of thiophene rings is 1. The molecule has 2 aromatic rings. The molecule has 1 aromatic carbocycles. The highest BCUT2D eigenvalue weighted by Gasteiger charge is 2.21. The Kier molecular flexibility index (Phi) is 4.20. The molecule has 0 spiro atoms. The summed E-state index contributed by atoms with van der Waals surface area (Å²) in [5.74, 6) is 0. The Labute approximate surface area is 129 Å². The highest BCUT2D eigenvalue weighted by Crippen LogP contribution is 2.41. The number of hydrogen-bond donors (Lipinski definition) is 1. The van der Waals surface area contributed by atoms with Crippen molar-refractivity contribution in [1.82, 2.24) is 0 Å².